The van der Waals surface area contributed by atoms with Crippen LogP contribution in [0.4, 0.5) is 5.82 Å². The van der Waals surface area contributed by atoms with Gasteiger partial charge in [0.25, 0.3) is 0 Å². The molecule has 2 aromatic carbocycles. The van der Waals surface area contributed by atoms with E-state index >= 15 is 0 Å². The fraction of sp³-hybridized carbons (Fsp3) is 0.0588. The number of rotatable bonds is 2. The second-order valence-electron chi connectivity index (χ2n) is 5.36. The van der Waals surface area contributed by atoms with Gasteiger partial charge >= 0.3 is 0 Å². The van der Waals surface area contributed by atoms with E-state index in [-0.39, 0.29) is 0 Å². The van der Waals surface area contributed by atoms with Crippen molar-refractivity contribution >= 4 is 40.4 Å². The monoisotopic (exact) mass is 338 g/mol. The van der Waals surface area contributed by atoms with E-state index in [0.717, 1.165) is 27.4 Å². The van der Waals surface area contributed by atoms with Gasteiger partial charge in [-0.25, -0.2) is 4.98 Å². The molecule has 0 aliphatic heterocycles. The standard InChI is InChI=1S/C17H14N4S2/c1-10-6-8-11(9-7-10)21-15(18)14(23-17(21)22)16-19-12-4-2-3-5-13(12)20-16/h2-9H,18H2,1H3,(H,19,20). The van der Waals surface area contributed by atoms with Gasteiger partial charge in [0.1, 0.15) is 10.7 Å². The lowest BCUT2D eigenvalue weighted by Crippen LogP contribution is -2.01. The van der Waals surface area contributed by atoms with Gasteiger partial charge in [0.15, 0.2) is 9.78 Å². The number of aryl methyl sites for hydroxylation is 1. The van der Waals surface area contributed by atoms with E-state index in [9.17, 15) is 0 Å². The van der Waals surface area contributed by atoms with Crippen LogP contribution in [0.5, 0.6) is 0 Å². The molecule has 6 heteroatoms. The van der Waals surface area contributed by atoms with E-state index in [1.54, 1.807) is 0 Å². The Morgan fingerprint density at radius 2 is 1.87 bits per heavy atom. The quantitative estimate of drug-likeness (QED) is 0.521. The van der Waals surface area contributed by atoms with Crippen molar-refractivity contribution in [3.05, 3.63) is 58.0 Å². The van der Waals surface area contributed by atoms with E-state index in [0.29, 0.717) is 9.77 Å². The number of H-pyrrole nitrogens is 1. The van der Waals surface area contributed by atoms with Crippen LogP contribution in [-0.4, -0.2) is 14.5 Å². The lowest BCUT2D eigenvalue weighted by molar-refractivity contribution is 1.08. The Morgan fingerprint density at radius 3 is 2.61 bits per heavy atom. The van der Waals surface area contributed by atoms with Crippen molar-refractivity contribution in [3.8, 4) is 16.4 Å². The number of nitrogen functional groups attached to an aromatic ring is 1. The Bertz CT molecular complexity index is 1020. The lowest BCUT2D eigenvalue weighted by Gasteiger charge is -2.06. The maximum absolute atomic E-state index is 6.37. The van der Waals surface area contributed by atoms with E-state index in [4.69, 9.17) is 18.0 Å². The Labute approximate surface area is 142 Å². The van der Waals surface area contributed by atoms with E-state index in [1.165, 1.54) is 16.9 Å². The SMILES string of the molecule is Cc1ccc(-n2c(N)c(-c3nc4ccccc4[nH]3)sc2=S)cc1. The molecule has 2 heterocycles. The number of aromatic amines is 1. The summed E-state index contributed by atoms with van der Waals surface area (Å²) in [6.07, 6.45) is 0. The average molecular weight is 338 g/mol. The van der Waals surface area contributed by atoms with Gasteiger partial charge in [-0.05, 0) is 43.4 Å². The van der Waals surface area contributed by atoms with Gasteiger partial charge in [-0.15, -0.1) is 0 Å². The number of fused-ring (bicyclic) bond motifs is 1. The van der Waals surface area contributed by atoms with Crippen LogP contribution >= 0.6 is 23.6 Å². The van der Waals surface area contributed by atoms with Crippen LogP contribution in [0, 0.1) is 10.9 Å². The number of benzene rings is 2. The highest BCUT2D eigenvalue weighted by Gasteiger charge is 2.16. The van der Waals surface area contributed by atoms with Crippen molar-refractivity contribution in [1.82, 2.24) is 14.5 Å². The minimum atomic E-state index is 0.614. The number of anilines is 1. The van der Waals surface area contributed by atoms with Crippen LogP contribution in [0.3, 0.4) is 0 Å². The molecule has 0 bridgehead atoms. The summed E-state index contributed by atoms with van der Waals surface area (Å²) in [4.78, 5) is 8.80. The molecule has 0 aliphatic carbocycles. The van der Waals surface area contributed by atoms with Crippen LogP contribution in [0.2, 0.25) is 0 Å². The summed E-state index contributed by atoms with van der Waals surface area (Å²) in [7, 11) is 0. The fourth-order valence-electron chi connectivity index (χ4n) is 2.55. The van der Waals surface area contributed by atoms with E-state index < -0.39 is 0 Å². The topological polar surface area (TPSA) is 59.6 Å². The molecule has 23 heavy (non-hydrogen) atoms. The maximum atomic E-state index is 6.37. The highest BCUT2D eigenvalue weighted by molar-refractivity contribution is 7.73. The summed E-state index contributed by atoms with van der Waals surface area (Å²) in [5.41, 5.74) is 10.5. The van der Waals surface area contributed by atoms with E-state index in [1.807, 2.05) is 41.0 Å². The van der Waals surface area contributed by atoms with Crippen LogP contribution in [0.15, 0.2) is 48.5 Å². The van der Waals surface area contributed by atoms with E-state index in [2.05, 4.69) is 29.0 Å². The van der Waals surface area contributed by atoms with Crippen molar-refractivity contribution in [1.29, 1.82) is 0 Å². The molecule has 4 nitrogen and oxygen atoms in total. The zero-order valence-electron chi connectivity index (χ0n) is 12.4. The predicted molar refractivity (Wildman–Crippen MR) is 98.7 cm³/mol. The molecule has 2 aromatic heterocycles. The van der Waals surface area contributed by atoms with Gasteiger partial charge in [-0.2, -0.15) is 0 Å². The van der Waals surface area contributed by atoms with Gasteiger partial charge in [-0.3, -0.25) is 4.57 Å². The lowest BCUT2D eigenvalue weighted by atomic mass is 10.2. The molecular formula is C17H14N4S2. The van der Waals surface area contributed by atoms with Crippen molar-refractivity contribution in [2.24, 2.45) is 0 Å². The van der Waals surface area contributed by atoms with Gasteiger partial charge in [0.05, 0.1) is 11.0 Å². The molecule has 0 saturated heterocycles. The highest BCUT2D eigenvalue weighted by Crippen LogP contribution is 2.34. The largest absolute Gasteiger partial charge is 0.383 e. The van der Waals surface area contributed by atoms with Crippen LogP contribution in [0.1, 0.15) is 5.56 Å². The summed E-state index contributed by atoms with van der Waals surface area (Å²) < 4.78 is 2.60. The molecule has 4 aromatic rings. The Morgan fingerprint density at radius 1 is 1.13 bits per heavy atom. The minimum absolute atomic E-state index is 0.614. The van der Waals surface area contributed by atoms with Gasteiger partial charge < -0.3 is 10.7 Å². The number of para-hydroxylation sites is 2. The Balaban J connectivity index is 1.89. The molecule has 0 unspecified atom stereocenters. The molecular weight excluding hydrogens is 324 g/mol. The van der Waals surface area contributed by atoms with Crippen molar-refractivity contribution < 1.29 is 0 Å². The van der Waals surface area contributed by atoms with Crippen LogP contribution < -0.4 is 5.73 Å². The molecule has 3 N–H and O–H groups in total. The molecule has 114 valence electrons. The third kappa shape index (κ3) is 2.36. The Kier molecular flexibility index (Phi) is 3.28. The van der Waals surface area contributed by atoms with Gasteiger partial charge in [0.2, 0.25) is 0 Å². The van der Waals surface area contributed by atoms with Crippen molar-refractivity contribution in [3.63, 3.8) is 0 Å². The molecule has 0 spiro atoms. The summed E-state index contributed by atoms with van der Waals surface area (Å²) in [5.74, 6) is 1.37. The molecule has 0 aliphatic rings. The second kappa shape index (κ2) is 5.33. The maximum Gasteiger partial charge on any atom is 0.168 e. The zero-order valence-corrected chi connectivity index (χ0v) is 14.0. The summed E-state index contributed by atoms with van der Waals surface area (Å²) >= 11 is 6.98. The normalized spacial score (nSPS) is 11.2. The van der Waals surface area contributed by atoms with Crippen LogP contribution in [-0.2, 0) is 0 Å². The summed E-state index contributed by atoms with van der Waals surface area (Å²) in [6, 6.07) is 16.1. The molecule has 4 rings (SSSR count). The van der Waals surface area contributed by atoms with Gasteiger partial charge in [0, 0.05) is 5.69 Å². The average Bonchev–Trinajstić information content (AvgIpc) is 3.09. The number of nitrogens with one attached hydrogen (secondary N) is 1. The smallest absolute Gasteiger partial charge is 0.168 e. The highest BCUT2D eigenvalue weighted by atomic mass is 32.1. The molecule has 0 fully saturated rings. The molecule has 0 saturated carbocycles. The fourth-order valence-corrected chi connectivity index (χ4v) is 3.87. The first-order valence-corrected chi connectivity index (χ1v) is 8.39. The molecule has 0 amide bonds. The number of nitrogens with two attached hydrogens (primary N) is 1. The molecule has 0 radical (unpaired) electrons. The molecule has 0 atom stereocenters. The first kappa shape index (κ1) is 14.2. The van der Waals surface area contributed by atoms with Crippen LogP contribution in [0.25, 0.3) is 27.4 Å². The predicted octanol–water partition coefficient (Wildman–Crippen LogP) is 4.70. The van der Waals surface area contributed by atoms with Gasteiger partial charge in [-0.1, -0.05) is 41.2 Å². The van der Waals surface area contributed by atoms with Crippen molar-refractivity contribution in [2.75, 3.05) is 5.73 Å². The zero-order chi connectivity index (χ0) is 16.0. The number of hydrogen-bond donors (Lipinski definition) is 2. The minimum Gasteiger partial charge on any atom is -0.383 e. The third-order valence-corrected chi connectivity index (χ3v) is 5.14. The summed E-state index contributed by atoms with van der Waals surface area (Å²) in [6.45, 7) is 2.06. The number of thiazole rings is 1. The first-order valence-electron chi connectivity index (χ1n) is 7.17. The Hall–Kier alpha value is -2.44. The third-order valence-electron chi connectivity index (χ3n) is 3.74. The number of imidazole rings is 1. The number of nitrogens with zero attached hydrogens (tertiary/aromatic N) is 2. The number of hydrogen-bond acceptors (Lipinski definition) is 4. The number of aromatic nitrogens is 3. The van der Waals surface area contributed by atoms with Crippen molar-refractivity contribution in [2.45, 2.75) is 6.92 Å². The first-order chi connectivity index (χ1) is 11.1. The second-order valence-corrected chi connectivity index (χ2v) is 7.00. The summed E-state index contributed by atoms with van der Waals surface area (Å²) in [5, 5.41) is 0.